The van der Waals surface area contributed by atoms with Gasteiger partial charge in [-0.3, -0.25) is 0 Å². The number of halogens is 2. The second-order valence-corrected chi connectivity index (χ2v) is 8.75. The van der Waals surface area contributed by atoms with Crippen LogP contribution in [0.15, 0.2) is 23.2 Å². The van der Waals surface area contributed by atoms with Crippen molar-refractivity contribution in [3.63, 3.8) is 0 Å². The molecule has 2 heterocycles. The average molecular weight is 548 g/mol. The van der Waals surface area contributed by atoms with E-state index in [-0.39, 0.29) is 35.9 Å². The first-order valence-electron chi connectivity index (χ1n) is 11.5. The number of hydrogen-bond acceptors (Lipinski definition) is 4. The van der Waals surface area contributed by atoms with Crippen LogP contribution >= 0.6 is 24.0 Å². The molecule has 2 aliphatic rings. The van der Waals surface area contributed by atoms with Gasteiger partial charge in [-0.2, -0.15) is 0 Å². The van der Waals surface area contributed by atoms with Crippen molar-refractivity contribution >= 4 is 35.6 Å². The monoisotopic (exact) mass is 547 g/mol. The number of benzene rings is 1. The number of likely N-dealkylation sites (tertiary alicyclic amines) is 1. The maximum atomic E-state index is 14.7. The van der Waals surface area contributed by atoms with Crippen molar-refractivity contribution in [1.29, 1.82) is 0 Å². The number of aliphatic hydroxyl groups is 1. The second kappa shape index (κ2) is 12.8. The van der Waals surface area contributed by atoms with Crippen LogP contribution in [0.5, 0.6) is 0 Å². The van der Waals surface area contributed by atoms with Crippen molar-refractivity contribution < 1.29 is 9.50 Å². The molecule has 1 aromatic rings. The SMILES string of the molecule is CCNC(=NCc1ccc(N2CCC(O)CC2)c(F)c1)NC1CCN(C(C)C)CC1.I. The summed E-state index contributed by atoms with van der Waals surface area (Å²) in [5.41, 5.74) is 1.48. The molecule has 31 heavy (non-hydrogen) atoms. The molecule has 0 atom stereocenters. The normalized spacial score (nSPS) is 19.4. The van der Waals surface area contributed by atoms with Crippen molar-refractivity contribution in [1.82, 2.24) is 15.5 Å². The van der Waals surface area contributed by atoms with Crippen LogP contribution in [-0.2, 0) is 6.54 Å². The van der Waals surface area contributed by atoms with Gasteiger partial charge in [0.05, 0.1) is 18.3 Å². The minimum atomic E-state index is -0.257. The standard InChI is InChI=1S/C23H38FN5O.HI/c1-4-25-23(27-19-7-11-28(12-8-19)17(2)3)26-16-18-5-6-22(21(24)15-18)29-13-9-20(30)10-14-29;/h5-6,15,17,19-20,30H,4,7-14,16H2,1-3H3,(H2,25,26,27);1H. The predicted octanol–water partition coefficient (Wildman–Crippen LogP) is 3.33. The fourth-order valence-electron chi connectivity index (χ4n) is 4.26. The zero-order chi connectivity index (χ0) is 21.5. The molecule has 0 aromatic heterocycles. The van der Waals surface area contributed by atoms with Gasteiger partial charge >= 0.3 is 0 Å². The third-order valence-electron chi connectivity index (χ3n) is 6.18. The van der Waals surface area contributed by atoms with Gasteiger partial charge in [0.25, 0.3) is 0 Å². The molecular weight excluding hydrogens is 508 g/mol. The van der Waals surface area contributed by atoms with Crippen LogP contribution in [0.3, 0.4) is 0 Å². The van der Waals surface area contributed by atoms with Crippen LogP contribution in [0.25, 0.3) is 0 Å². The Kier molecular flexibility index (Phi) is 10.8. The zero-order valence-electron chi connectivity index (χ0n) is 19.1. The molecule has 0 spiro atoms. The lowest BCUT2D eigenvalue weighted by molar-refractivity contribution is 0.145. The largest absolute Gasteiger partial charge is 0.393 e. The van der Waals surface area contributed by atoms with Crippen LogP contribution in [0.4, 0.5) is 10.1 Å². The van der Waals surface area contributed by atoms with Gasteiger partial charge in [-0.05, 0) is 64.2 Å². The van der Waals surface area contributed by atoms with Gasteiger partial charge in [0.2, 0.25) is 0 Å². The van der Waals surface area contributed by atoms with E-state index in [0.717, 1.165) is 44.0 Å². The average Bonchev–Trinajstić information content (AvgIpc) is 2.73. The van der Waals surface area contributed by atoms with E-state index >= 15 is 0 Å². The smallest absolute Gasteiger partial charge is 0.191 e. The predicted molar refractivity (Wildman–Crippen MR) is 137 cm³/mol. The molecule has 1 aromatic carbocycles. The summed E-state index contributed by atoms with van der Waals surface area (Å²) in [7, 11) is 0. The molecule has 0 bridgehead atoms. The first-order chi connectivity index (χ1) is 14.5. The van der Waals surface area contributed by atoms with E-state index < -0.39 is 0 Å². The molecule has 0 unspecified atom stereocenters. The third-order valence-corrected chi connectivity index (χ3v) is 6.18. The van der Waals surface area contributed by atoms with Crippen LogP contribution in [0, 0.1) is 5.82 Å². The fourth-order valence-corrected chi connectivity index (χ4v) is 4.26. The number of nitrogens with one attached hydrogen (secondary N) is 2. The Balaban J connectivity index is 0.00000341. The summed E-state index contributed by atoms with van der Waals surface area (Å²) in [5, 5.41) is 16.5. The Bertz CT molecular complexity index is 701. The van der Waals surface area contributed by atoms with E-state index in [2.05, 4.69) is 36.3 Å². The Labute approximate surface area is 203 Å². The highest BCUT2D eigenvalue weighted by molar-refractivity contribution is 14.0. The molecule has 3 rings (SSSR count). The van der Waals surface area contributed by atoms with Gasteiger partial charge < -0.3 is 25.5 Å². The van der Waals surface area contributed by atoms with E-state index in [1.54, 1.807) is 6.07 Å². The highest BCUT2D eigenvalue weighted by Gasteiger charge is 2.22. The number of aliphatic imine (C=N–C) groups is 1. The summed E-state index contributed by atoms with van der Waals surface area (Å²) in [5.74, 6) is 0.591. The molecule has 0 radical (unpaired) electrons. The minimum Gasteiger partial charge on any atom is -0.393 e. The maximum Gasteiger partial charge on any atom is 0.191 e. The molecule has 2 aliphatic heterocycles. The molecule has 176 valence electrons. The van der Waals surface area contributed by atoms with Crippen LogP contribution in [0.1, 0.15) is 52.0 Å². The van der Waals surface area contributed by atoms with Gasteiger partial charge in [-0.15, -0.1) is 24.0 Å². The molecule has 8 heteroatoms. The van der Waals surface area contributed by atoms with E-state index in [4.69, 9.17) is 4.99 Å². The Morgan fingerprint density at radius 3 is 2.42 bits per heavy atom. The number of rotatable bonds is 6. The number of nitrogens with zero attached hydrogens (tertiary/aromatic N) is 3. The van der Waals surface area contributed by atoms with Crippen LogP contribution < -0.4 is 15.5 Å². The zero-order valence-corrected chi connectivity index (χ0v) is 21.4. The van der Waals surface area contributed by atoms with Crippen LogP contribution in [-0.4, -0.2) is 66.9 Å². The van der Waals surface area contributed by atoms with Gasteiger partial charge in [0, 0.05) is 44.8 Å². The molecule has 0 amide bonds. The summed E-state index contributed by atoms with van der Waals surface area (Å²) >= 11 is 0. The number of aliphatic hydroxyl groups excluding tert-OH is 1. The molecule has 6 nitrogen and oxygen atoms in total. The lowest BCUT2D eigenvalue weighted by Crippen LogP contribution is -2.49. The minimum absolute atomic E-state index is 0. The quantitative estimate of drug-likeness (QED) is 0.290. The van der Waals surface area contributed by atoms with Crippen molar-refractivity contribution in [2.45, 2.75) is 71.2 Å². The van der Waals surface area contributed by atoms with E-state index in [9.17, 15) is 9.50 Å². The topological polar surface area (TPSA) is 63.1 Å². The first-order valence-corrected chi connectivity index (χ1v) is 11.5. The number of piperidine rings is 2. The molecular formula is C23H39FIN5O. The lowest BCUT2D eigenvalue weighted by Gasteiger charge is -2.35. The van der Waals surface area contributed by atoms with Crippen molar-refractivity contribution in [2.75, 3.05) is 37.6 Å². The van der Waals surface area contributed by atoms with Gasteiger partial charge in [0.1, 0.15) is 5.82 Å². The van der Waals surface area contributed by atoms with Crippen molar-refractivity contribution in [2.24, 2.45) is 4.99 Å². The summed E-state index contributed by atoms with van der Waals surface area (Å²) in [6.45, 7) is 11.4. The van der Waals surface area contributed by atoms with E-state index in [1.165, 1.54) is 0 Å². The summed E-state index contributed by atoms with van der Waals surface area (Å²) in [4.78, 5) is 9.22. The van der Waals surface area contributed by atoms with Gasteiger partial charge in [0.15, 0.2) is 5.96 Å². The van der Waals surface area contributed by atoms with Gasteiger partial charge in [-0.25, -0.2) is 9.38 Å². The third kappa shape index (κ3) is 7.75. The first kappa shape index (κ1) is 26.1. The summed E-state index contributed by atoms with van der Waals surface area (Å²) in [6, 6.07) is 6.42. The molecule has 0 aliphatic carbocycles. The second-order valence-electron chi connectivity index (χ2n) is 8.75. The van der Waals surface area contributed by atoms with Crippen molar-refractivity contribution in [3.8, 4) is 0 Å². The number of hydrogen-bond donors (Lipinski definition) is 3. The highest BCUT2D eigenvalue weighted by Crippen LogP contribution is 2.24. The maximum absolute atomic E-state index is 14.7. The Morgan fingerprint density at radius 2 is 1.84 bits per heavy atom. The number of guanidine groups is 1. The molecule has 0 saturated carbocycles. The number of anilines is 1. The Morgan fingerprint density at radius 1 is 1.16 bits per heavy atom. The molecule has 3 N–H and O–H groups in total. The van der Waals surface area contributed by atoms with E-state index in [0.29, 0.717) is 50.2 Å². The fraction of sp³-hybridized carbons (Fsp3) is 0.696. The lowest BCUT2D eigenvalue weighted by atomic mass is 10.0. The highest BCUT2D eigenvalue weighted by atomic mass is 127. The van der Waals surface area contributed by atoms with E-state index in [1.807, 2.05) is 17.0 Å². The summed E-state index contributed by atoms with van der Waals surface area (Å²) in [6.07, 6.45) is 3.35. The Hall–Kier alpha value is -1.13. The van der Waals surface area contributed by atoms with Crippen LogP contribution in [0.2, 0.25) is 0 Å². The van der Waals surface area contributed by atoms with Gasteiger partial charge in [-0.1, -0.05) is 6.07 Å². The van der Waals surface area contributed by atoms with Crippen molar-refractivity contribution in [3.05, 3.63) is 29.6 Å². The summed E-state index contributed by atoms with van der Waals surface area (Å²) < 4.78 is 14.7. The molecule has 2 fully saturated rings. The molecule has 2 saturated heterocycles.